The highest BCUT2D eigenvalue weighted by Crippen LogP contribution is 2.07. The molecule has 0 amide bonds. The summed E-state index contributed by atoms with van der Waals surface area (Å²) in [6, 6.07) is 9.68. The summed E-state index contributed by atoms with van der Waals surface area (Å²) >= 11 is 0. The highest BCUT2D eigenvalue weighted by Gasteiger charge is 2.07. The summed E-state index contributed by atoms with van der Waals surface area (Å²) in [7, 11) is -2.18. The van der Waals surface area contributed by atoms with E-state index in [0.717, 1.165) is 11.3 Å². The molecule has 0 aliphatic heterocycles. The van der Waals surface area contributed by atoms with Gasteiger partial charge in [-0.3, -0.25) is 4.18 Å². The van der Waals surface area contributed by atoms with Gasteiger partial charge in [0.15, 0.2) is 0 Å². The van der Waals surface area contributed by atoms with Gasteiger partial charge in [0.25, 0.3) is 10.1 Å². The average Bonchev–Trinajstić information content (AvgIpc) is 2.35. The number of hydrogen-bond acceptors (Lipinski definition) is 4. The van der Waals surface area contributed by atoms with Crippen LogP contribution < -0.4 is 5.32 Å². The predicted molar refractivity (Wildman–Crippen MR) is 68.9 cm³/mol. The Balaban J connectivity index is 2.31. The van der Waals surface area contributed by atoms with Crippen molar-refractivity contribution < 1.29 is 12.6 Å². The van der Waals surface area contributed by atoms with Crippen molar-refractivity contribution in [1.82, 2.24) is 5.32 Å². The van der Waals surface area contributed by atoms with Gasteiger partial charge in [-0.1, -0.05) is 36.9 Å². The SMILES string of the molecule is C=C(NCCCS(=O)(=O)OC)c1ccccc1. The van der Waals surface area contributed by atoms with Crippen LogP contribution in [0.2, 0.25) is 0 Å². The van der Waals surface area contributed by atoms with Crippen LogP contribution >= 0.6 is 0 Å². The highest BCUT2D eigenvalue weighted by atomic mass is 32.2. The zero-order valence-electron chi connectivity index (χ0n) is 9.85. The molecule has 0 spiro atoms. The first kappa shape index (κ1) is 13.7. The van der Waals surface area contributed by atoms with Gasteiger partial charge in [0.2, 0.25) is 0 Å². The van der Waals surface area contributed by atoms with Crippen LogP contribution in [0.5, 0.6) is 0 Å². The van der Waals surface area contributed by atoms with E-state index in [4.69, 9.17) is 0 Å². The number of rotatable bonds is 7. The summed E-state index contributed by atoms with van der Waals surface area (Å²) in [5.74, 6) is 0.0125. The normalized spacial score (nSPS) is 11.1. The highest BCUT2D eigenvalue weighted by molar-refractivity contribution is 7.86. The van der Waals surface area contributed by atoms with Gasteiger partial charge in [-0.15, -0.1) is 0 Å². The molecule has 0 aliphatic rings. The van der Waals surface area contributed by atoms with E-state index in [9.17, 15) is 8.42 Å². The molecule has 1 aromatic rings. The summed E-state index contributed by atoms with van der Waals surface area (Å²) in [6.45, 7) is 4.44. The second-order valence-electron chi connectivity index (χ2n) is 3.55. The molecule has 4 nitrogen and oxygen atoms in total. The van der Waals surface area contributed by atoms with E-state index in [2.05, 4.69) is 16.1 Å². The molecule has 17 heavy (non-hydrogen) atoms. The minimum atomic E-state index is -3.35. The second-order valence-corrected chi connectivity index (χ2v) is 5.41. The van der Waals surface area contributed by atoms with E-state index in [-0.39, 0.29) is 5.75 Å². The molecular formula is C12H17NO3S. The third-order valence-electron chi connectivity index (χ3n) is 2.29. The van der Waals surface area contributed by atoms with Crippen LogP contribution in [0.3, 0.4) is 0 Å². The van der Waals surface area contributed by atoms with E-state index in [1.807, 2.05) is 30.3 Å². The van der Waals surface area contributed by atoms with Crippen LogP contribution in [-0.2, 0) is 14.3 Å². The maximum atomic E-state index is 11.0. The summed E-state index contributed by atoms with van der Waals surface area (Å²) < 4.78 is 26.4. The first-order valence-corrected chi connectivity index (χ1v) is 6.89. The van der Waals surface area contributed by atoms with Crippen LogP contribution in [0.1, 0.15) is 12.0 Å². The summed E-state index contributed by atoms with van der Waals surface area (Å²) in [4.78, 5) is 0. The largest absolute Gasteiger partial charge is 0.385 e. The van der Waals surface area contributed by atoms with E-state index in [0.29, 0.717) is 13.0 Å². The Labute approximate surface area is 102 Å². The molecule has 0 unspecified atom stereocenters. The lowest BCUT2D eigenvalue weighted by Gasteiger charge is -2.09. The lowest BCUT2D eigenvalue weighted by molar-refractivity contribution is 0.396. The van der Waals surface area contributed by atoms with Crippen molar-refractivity contribution in [2.24, 2.45) is 0 Å². The number of nitrogens with one attached hydrogen (secondary N) is 1. The van der Waals surface area contributed by atoms with Crippen molar-refractivity contribution >= 4 is 15.8 Å². The monoisotopic (exact) mass is 255 g/mol. The lowest BCUT2D eigenvalue weighted by Crippen LogP contribution is -2.17. The third kappa shape index (κ3) is 5.01. The molecule has 0 saturated heterocycles. The van der Waals surface area contributed by atoms with E-state index >= 15 is 0 Å². The van der Waals surface area contributed by atoms with Gasteiger partial charge in [-0.2, -0.15) is 8.42 Å². The molecular weight excluding hydrogens is 238 g/mol. The van der Waals surface area contributed by atoms with Gasteiger partial charge in [-0.25, -0.2) is 0 Å². The molecule has 0 atom stereocenters. The molecule has 0 radical (unpaired) electrons. The van der Waals surface area contributed by atoms with Gasteiger partial charge in [-0.05, 0) is 12.0 Å². The molecule has 0 heterocycles. The predicted octanol–water partition coefficient (Wildman–Crippen LogP) is 1.61. The minimum Gasteiger partial charge on any atom is -0.385 e. The minimum absolute atomic E-state index is 0.0125. The van der Waals surface area contributed by atoms with E-state index in [1.54, 1.807) is 0 Å². The maximum Gasteiger partial charge on any atom is 0.267 e. The molecule has 0 bridgehead atoms. The molecule has 1 rings (SSSR count). The molecule has 0 fully saturated rings. The quantitative estimate of drug-likeness (QED) is 0.594. The second kappa shape index (κ2) is 6.42. The van der Waals surface area contributed by atoms with Crippen molar-refractivity contribution in [3.05, 3.63) is 42.5 Å². The van der Waals surface area contributed by atoms with Crippen molar-refractivity contribution in [3.8, 4) is 0 Å². The van der Waals surface area contributed by atoms with Gasteiger partial charge in [0.05, 0.1) is 12.9 Å². The van der Waals surface area contributed by atoms with E-state index < -0.39 is 10.1 Å². The molecule has 1 aromatic carbocycles. The van der Waals surface area contributed by atoms with Crippen LogP contribution in [0.25, 0.3) is 5.70 Å². The van der Waals surface area contributed by atoms with Gasteiger partial charge in [0, 0.05) is 12.2 Å². The summed E-state index contributed by atoms with van der Waals surface area (Å²) in [5, 5.41) is 3.08. The molecule has 0 aliphatic carbocycles. The molecule has 94 valence electrons. The number of benzene rings is 1. The van der Waals surface area contributed by atoms with Crippen LogP contribution in [-0.4, -0.2) is 27.8 Å². The van der Waals surface area contributed by atoms with Crippen LogP contribution in [0, 0.1) is 0 Å². The standard InChI is InChI=1S/C12H17NO3S/c1-11(12-7-4-3-5-8-12)13-9-6-10-17(14,15)16-2/h3-5,7-8,13H,1,6,9-10H2,2H3. The average molecular weight is 255 g/mol. The first-order valence-electron chi connectivity index (χ1n) is 5.31. The fraction of sp³-hybridized carbons (Fsp3) is 0.333. The summed E-state index contributed by atoms with van der Waals surface area (Å²) in [5.41, 5.74) is 1.79. The Morgan fingerprint density at radius 1 is 1.35 bits per heavy atom. The summed E-state index contributed by atoms with van der Waals surface area (Å²) in [6.07, 6.45) is 0.488. The Morgan fingerprint density at radius 2 is 2.00 bits per heavy atom. The van der Waals surface area contributed by atoms with Crippen molar-refractivity contribution in [2.45, 2.75) is 6.42 Å². The molecule has 5 heteroatoms. The van der Waals surface area contributed by atoms with Crippen LogP contribution in [0.4, 0.5) is 0 Å². The Bertz CT molecular complexity index is 454. The van der Waals surface area contributed by atoms with Crippen molar-refractivity contribution in [1.29, 1.82) is 0 Å². The first-order chi connectivity index (χ1) is 8.05. The molecule has 1 N–H and O–H groups in total. The molecule has 0 saturated carbocycles. The fourth-order valence-corrected chi connectivity index (χ4v) is 1.98. The van der Waals surface area contributed by atoms with Crippen molar-refractivity contribution in [2.75, 3.05) is 19.4 Å². The topological polar surface area (TPSA) is 55.4 Å². The maximum absolute atomic E-state index is 11.0. The smallest absolute Gasteiger partial charge is 0.267 e. The van der Waals surface area contributed by atoms with Crippen LogP contribution in [0.15, 0.2) is 36.9 Å². The Hall–Kier alpha value is -1.33. The zero-order valence-corrected chi connectivity index (χ0v) is 10.7. The fourth-order valence-electron chi connectivity index (χ4n) is 1.31. The molecule has 0 aromatic heterocycles. The Kier molecular flexibility index (Phi) is 5.18. The van der Waals surface area contributed by atoms with Gasteiger partial charge >= 0.3 is 0 Å². The number of hydrogen-bond donors (Lipinski definition) is 1. The zero-order chi connectivity index (χ0) is 12.7. The third-order valence-corrected chi connectivity index (χ3v) is 3.58. The lowest BCUT2D eigenvalue weighted by atomic mass is 10.2. The van der Waals surface area contributed by atoms with Gasteiger partial charge < -0.3 is 5.32 Å². The van der Waals surface area contributed by atoms with Crippen molar-refractivity contribution in [3.63, 3.8) is 0 Å². The van der Waals surface area contributed by atoms with E-state index in [1.165, 1.54) is 7.11 Å². The Morgan fingerprint density at radius 3 is 2.59 bits per heavy atom. The van der Waals surface area contributed by atoms with Gasteiger partial charge in [0.1, 0.15) is 0 Å².